The third kappa shape index (κ3) is 2.43. The molecule has 0 bridgehead atoms. The van der Waals surface area contributed by atoms with Crippen molar-refractivity contribution in [2.24, 2.45) is 0 Å². The highest BCUT2D eigenvalue weighted by atomic mass is 14.9. The summed E-state index contributed by atoms with van der Waals surface area (Å²) in [5.74, 6) is 6.00. The summed E-state index contributed by atoms with van der Waals surface area (Å²) in [6, 6.07) is 18.2. The first-order chi connectivity index (χ1) is 7.90. The predicted octanol–water partition coefficient (Wildman–Crippen LogP) is 3.80. The first-order valence-corrected chi connectivity index (χ1v) is 5.24. The standard InChI is InChI=1S/C15H13N/c1-2-8-13-9-6-7-12-15(13)16-14-10-4-3-5-11-14/h3-7,9-12,16H,1H3. The molecule has 0 amide bonds. The van der Waals surface area contributed by atoms with Crippen molar-refractivity contribution in [1.82, 2.24) is 0 Å². The summed E-state index contributed by atoms with van der Waals surface area (Å²) in [5, 5.41) is 3.35. The second kappa shape index (κ2) is 5.04. The minimum absolute atomic E-state index is 1.02. The molecule has 2 aromatic rings. The van der Waals surface area contributed by atoms with Gasteiger partial charge in [-0.25, -0.2) is 0 Å². The lowest BCUT2D eigenvalue weighted by Gasteiger charge is -2.07. The van der Waals surface area contributed by atoms with Gasteiger partial charge in [-0.3, -0.25) is 0 Å². The first-order valence-electron chi connectivity index (χ1n) is 5.24. The van der Waals surface area contributed by atoms with Gasteiger partial charge in [-0.1, -0.05) is 36.3 Å². The van der Waals surface area contributed by atoms with E-state index in [0.29, 0.717) is 0 Å². The van der Waals surface area contributed by atoms with E-state index in [-0.39, 0.29) is 0 Å². The van der Waals surface area contributed by atoms with Gasteiger partial charge in [0.2, 0.25) is 0 Å². The van der Waals surface area contributed by atoms with E-state index < -0.39 is 0 Å². The van der Waals surface area contributed by atoms with Crippen molar-refractivity contribution in [3.63, 3.8) is 0 Å². The average molecular weight is 207 g/mol. The second-order valence-electron chi connectivity index (χ2n) is 3.41. The van der Waals surface area contributed by atoms with E-state index in [9.17, 15) is 0 Å². The maximum atomic E-state index is 3.35. The molecule has 2 rings (SSSR count). The molecule has 0 aliphatic carbocycles. The molecular formula is C15H13N. The number of hydrogen-bond acceptors (Lipinski definition) is 1. The summed E-state index contributed by atoms with van der Waals surface area (Å²) >= 11 is 0. The van der Waals surface area contributed by atoms with Gasteiger partial charge >= 0.3 is 0 Å². The van der Waals surface area contributed by atoms with E-state index in [1.165, 1.54) is 0 Å². The molecule has 0 heterocycles. The highest BCUT2D eigenvalue weighted by molar-refractivity contribution is 5.66. The highest BCUT2D eigenvalue weighted by Crippen LogP contribution is 2.19. The van der Waals surface area contributed by atoms with Crippen LogP contribution < -0.4 is 5.32 Å². The van der Waals surface area contributed by atoms with Crippen LogP contribution in [0.5, 0.6) is 0 Å². The molecular weight excluding hydrogens is 194 g/mol. The normalized spacial score (nSPS) is 9.06. The van der Waals surface area contributed by atoms with Crippen LogP contribution in [0.4, 0.5) is 11.4 Å². The Morgan fingerprint density at radius 2 is 1.56 bits per heavy atom. The van der Waals surface area contributed by atoms with Gasteiger partial charge in [0.05, 0.1) is 5.69 Å². The van der Waals surface area contributed by atoms with E-state index >= 15 is 0 Å². The largest absolute Gasteiger partial charge is 0.355 e. The molecule has 0 aromatic heterocycles. The Hall–Kier alpha value is -2.20. The third-order valence-corrected chi connectivity index (χ3v) is 2.24. The van der Waals surface area contributed by atoms with Crippen molar-refractivity contribution in [3.8, 4) is 11.8 Å². The maximum Gasteiger partial charge on any atom is 0.0543 e. The van der Waals surface area contributed by atoms with Crippen molar-refractivity contribution in [2.45, 2.75) is 6.92 Å². The topological polar surface area (TPSA) is 12.0 Å². The highest BCUT2D eigenvalue weighted by Gasteiger charge is 1.98. The number of rotatable bonds is 2. The van der Waals surface area contributed by atoms with Crippen LogP contribution >= 0.6 is 0 Å². The number of hydrogen-bond donors (Lipinski definition) is 1. The Balaban J connectivity index is 2.30. The van der Waals surface area contributed by atoms with Crippen molar-refractivity contribution in [3.05, 3.63) is 60.2 Å². The second-order valence-corrected chi connectivity index (χ2v) is 3.41. The Morgan fingerprint density at radius 1 is 0.875 bits per heavy atom. The van der Waals surface area contributed by atoms with Crippen LogP contribution in [-0.2, 0) is 0 Å². The number of benzene rings is 2. The molecule has 0 aliphatic rings. The molecule has 1 heteroatoms. The van der Waals surface area contributed by atoms with Crippen molar-refractivity contribution in [1.29, 1.82) is 0 Å². The van der Waals surface area contributed by atoms with Crippen LogP contribution in [-0.4, -0.2) is 0 Å². The van der Waals surface area contributed by atoms with Crippen molar-refractivity contribution >= 4 is 11.4 Å². The van der Waals surface area contributed by atoms with E-state index in [1.807, 2.05) is 61.5 Å². The summed E-state index contributed by atoms with van der Waals surface area (Å²) in [6.45, 7) is 1.85. The van der Waals surface area contributed by atoms with Crippen molar-refractivity contribution < 1.29 is 0 Å². The molecule has 0 saturated heterocycles. The Labute approximate surface area is 96.1 Å². The molecule has 0 radical (unpaired) electrons. The minimum atomic E-state index is 1.02. The monoisotopic (exact) mass is 207 g/mol. The van der Waals surface area contributed by atoms with E-state index in [2.05, 4.69) is 17.2 Å². The summed E-state index contributed by atoms with van der Waals surface area (Å²) in [4.78, 5) is 0. The fourth-order valence-corrected chi connectivity index (χ4v) is 1.51. The molecule has 16 heavy (non-hydrogen) atoms. The molecule has 2 aromatic carbocycles. The van der Waals surface area contributed by atoms with Crippen LogP contribution in [0, 0.1) is 11.8 Å². The van der Waals surface area contributed by atoms with Crippen LogP contribution in [0.25, 0.3) is 0 Å². The molecule has 0 unspecified atom stereocenters. The Bertz CT molecular complexity index is 518. The van der Waals surface area contributed by atoms with Gasteiger partial charge in [0, 0.05) is 11.3 Å². The molecule has 0 aliphatic heterocycles. The quantitative estimate of drug-likeness (QED) is 0.738. The summed E-state index contributed by atoms with van der Waals surface area (Å²) < 4.78 is 0. The first kappa shape index (κ1) is 10.3. The van der Waals surface area contributed by atoms with Crippen LogP contribution in [0.1, 0.15) is 12.5 Å². The van der Waals surface area contributed by atoms with E-state index in [1.54, 1.807) is 0 Å². The number of anilines is 2. The molecule has 0 atom stereocenters. The van der Waals surface area contributed by atoms with Gasteiger partial charge in [-0.15, -0.1) is 5.92 Å². The molecule has 1 N–H and O–H groups in total. The molecule has 0 fully saturated rings. The molecule has 0 spiro atoms. The number of para-hydroxylation sites is 2. The zero-order valence-electron chi connectivity index (χ0n) is 9.20. The maximum absolute atomic E-state index is 3.35. The average Bonchev–Trinajstić information content (AvgIpc) is 2.33. The van der Waals surface area contributed by atoms with Crippen LogP contribution in [0.15, 0.2) is 54.6 Å². The molecule has 1 nitrogen and oxygen atoms in total. The van der Waals surface area contributed by atoms with Crippen LogP contribution in [0.3, 0.4) is 0 Å². The van der Waals surface area contributed by atoms with Crippen molar-refractivity contribution in [2.75, 3.05) is 5.32 Å². The Morgan fingerprint density at radius 3 is 2.31 bits per heavy atom. The number of nitrogens with one attached hydrogen (secondary N) is 1. The Kier molecular flexibility index (Phi) is 3.25. The lowest BCUT2D eigenvalue weighted by molar-refractivity contribution is 1.52. The minimum Gasteiger partial charge on any atom is -0.355 e. The lowest BCUT2D eigenvalue weighted by Crippen LogP contribution is -1.92. The van der Waals surface area contributed by atoms with Gasteiger partial charge in [0.25, 0.3) is 0 Å². The lowest BCUT2D eigenvalue weighted by atomic mass is 10.1. The van der Waals surface area contributed by atoms with Crippen LogP contribution in [0.2, 0.25) is 0 Å². The zero-order chi connectivity index (χ0) is 11.2. The summed E-state index contributed by atoms with van der Waals surface area (Å²) in [6.07, 6.45) is 0. The van der Waals surface area contributed by atoms with Gasteiger partial charge in [0.15, 0.2) is 0 Å². The smallest absolute Gasteiger partial charge is 0.0543 e. The van der Waals surface area contributed by atoms with Gasteiger partial charge in [0.1, 0.15) is 0 Å². The molecule has 0 saturated carbocycles. The summed E-state index contributed by atoms with van der Waals surface area (Å²) in [5.41, 5.74) is 3.14. The van der Waals surface area contributed by atoms with E-state index in [4.69, 9.17) is 0 Å². The zero-order valence-corrected chi connectivity index (χ0v) is 9.20. The fraction of sp³-hybridized carbons (Fsp3) is 0.0667. The summed E-state index contributed by atoms with van der Waals surface area (Å²) in [7, 11) is 0. The SMILES string of the molecule is CC#Cc1ccccc1Nc1ccccc1. The van der Waals surface area contributed by atoms with Gasteiger partial charge in [-0.05, 0) is 31.2 Å². The van der Waals surface area contributed by atoms with Gasteiger partial charge < -0.3 is 5.32 Å². The third-order valence-electron chi connectivity index (χ3n) is 2.24. The molecule has 78 valence electrons. The fourth-order valence-electron chi connectivity index (χ4n) is 1.51. The van der Waals surface area contributed by atoms with Gasteiger partial charge in [-0.2, -0.15) is 0 Å². The predicted molar refractivity (Wildman–Crippen MR) is 68.7 cm³/mol. The van der Waals surface area contributed by atoms with E-state index in [0.717, 1.165) is 16.9 Å².